The average molecular weight is 529 g/mol. The topological polar surface area (TPSA) is 60.8 Å². The number of nitrogens with zero attached hydrogens (tertiary/aromatic N) is 3. The predicted molar refractivity (Wildman–Crippen MR) is 153 cm³/mol. The first-order chi connectivity index (χ1) is 18.5. The van der Waals surface area contributed by atoms with Crippen molar-refractivity contribution in [3.8, 4) is 17.2 Å². The molecule has 0 unspecified atom stereocenters. The van der Waals surface area contributed by atoms with Crippen LogP contribution >= 0.6 is 12.2 Å². The average Bonchev–Trinajstić information content (AvgIpc) is 3.43. The van der Waals surface area contributed by atoms with Crippen molar-refractivity contribution in [2.45, 2.75) is 32.5 Å². The molecular formula is C30H32N4O3S. The monoisotopic (exact) mass is 528 g/mol. The molecule has 0 saturated carbocycles. The number of aromatic nitrogens is 2. The van der Waals surface area contributed by atoms with E-state index in [0.717, 1.165) is 35.2 Å². The van der Waals surface area contributed by atoms with Crippen molar-refractivity contribution in [3.05, 3.63) is 102 Å². The Kier molecular flexibility index (Phi) is 7.62. The molecule has 1 aliphatic rings. The largest absolute Gasteiger partial charge is 0.497 e. The number of aryl methyl sites for hydroxylation is 1. The number of hydrogen-bond donors (Lipinski definition) is 1. The molecule has 0 bridgehead atoms. The maximum absolute atomic E-state index is 6.05. The quantitative estimate of drug-likeness (QED) is 0.263. The second-order valence-corrected chi connectivity index (χ2v) is 9.63. The van der Waals surface area contributed by atoms with E-state index in [2.05, 4.69) is 39.7 Å². The minimum Gasteiger partial charge on any atom is -0.497 e. The first-order valence-corrected chi connectivity index (χ1v) is 13.0. The van der Waals surface area contributed by atoms with Crippen molar-refractivity contribution in [3.63, 3.8) is 0 Å². The Morgan fingerprint density at radius 1 is 0.921 bits per heavy atom. The van der Waals surface area contributed by atoms with Gasteiger partial charge in [-0.05, 0) is 98.4 Å². The lowest BCUT2D eigenvalue weighted by molar-refractivity contribution is 0.186. The molecule has 3 heterocycles. The van der Waals surface area contributed by atoms with E-state index in [1.165, 1.54) is 17.0 Å². The summed E-state index contributed by atoms with van der Waals surface area (Å²) >= 11 is 5.91. The molecule has 0 radical (unpaired) electrons. The molecule has 2 aromatic carbocycles. The number of methoxy groups -OCH3 is 2. The van der Waals surface area contributed by atoms with Gasteiger partial charge in [-0.15, -0.1) is 0 Å². The van der Waals surface area contributed by atoms with Crippen LogP contribution in [0.4, 0.5) is 5.69 Å². The van der Waals surface area contributed by atoms with Gasteiger partial charge in [-0.25, -0.2) is 0 Å². The van der Waals surface area contributed by atoms with Crippen molar-refractivity contribution < 1.29 is 14.2 Å². The molecule has 8 heteroatoms. The van der Waals surface area contributed by atoms with Crippen LogP contribution < -0.4 is 19.7 Å². The third kappa shape index (κ3) is 5.10. The normalized spacial score (nSPS) is 16.9. The minimum absolute atomic E-state index is 0.0757. The van der Waals surface area contributed by atoms with E-state index in [-0.39, 0.29) is 12.1 Å². The summed E-state index contributed by atoms with van der Waals surface area (Å²) in [7, 11) is 3.38. The Labute approximate surface area is 229 Å². The number of ether oxygens (including phenoxy) is 3. The molecule has 2 aromatic heterocycles. The number of benzene rings is 2. The van der Waals surface area contributed by atoms with Crippen molar-refractivity contribution in [1.82, 2.24) is 14.9 Å². The van der Waals surface area contributed by atoms with Crippen LogP contribution in [-0.2, 0) is 11.3 Å². The van der Waals surface area contributed by atoms with Gasteiger partial charge in [0.15, 0.2) is 5.11 Å². The van der Waals surface area contributed by atoms with E-state index in [9.17, 15) is 0 Å². The summed E-state index contributed by atoms with van der Waals surface area (Å²) in [5.41, 5.74) is 5.52. The highest BCUT2D eigenvalue weighted by Crippen LogP contribution is 2.43. The Morgan fingerprint density at radius 2 is 1.61 bits per heavy atom. The molecule has 0 spiro atoms. The number of nitrogens with one attached hydrogen (secondary N) is 1. The van der Waals surface area contributed by atoms with Gasteiger partial charge in [-0.1, -0.05) is 6.07 Å². The summed E-state index contributed by atoms with van der Waals surface area (Å²) in [6.45, 7) is 5.75. The van der Waals surface area contributed by atoms with Gasteiger partial charge < -0.3 is 29.0 Å². The van der Waals surface area contributed by atoms with Gasteiger partial charge in [0.1, 0.15) is 17.2 Å². The fourth-order valence-electron chi connectivity index (χ4n) is 5.06. The van der Waals surface area contributed by atoms with Crippen LogP contribution in [0.2, 0.25) is 0 Å². The van der Waals surface area contributed by atoms with E-state index in [1.807, 2.05) is 72.9 Å². The van der Waals surface area contributed by atoms with Crippen molar-refractivity contribution in [1.29, 1.82) is 0 Å². The second-order valence-electron chi connectivity index (χ2n) is 9.24. The number of thiocarbonyl (C=S) groups is 1. The SMILES string of the molecule is COCCn1c(C)cc([C@H]2[C@H](c3ccccn3)NC(=S)N2c2ccc(Oc3ccc(OC)cc3)cc2)c1C. The number of pyridine rings is 1. The Balaban J connectivity index is 1.49. The van der Waals surface area contributed by atoms with E-state index >= 15 is 0 Å². The van der Waals surface area contributed by atoms with Gasteiger partial charge in [0.25, 0.3) is 0 Å². The third-order valence-electron chi connectivity index (χ3n) is 6.96. The predicted octanol–water partition coefficient (Wildman–Crippen LogP) is 6.12. The number of rotatable bonds is 9. The second kappa shape index (κ2) is 11.2. The minimum atomic E-state index is -0.102. The molecule has 4 aromatic rings. The maximum Gasteiger partial charge on any atom is 0.174 e. The smallest absolute Gasteiger partial charge is 0.174 e. The van der Waals surface area contributed by atoms with Crippen molar-refractivity contribution >= 4 is 23.0 Å². The highest BCUT2D eigenvalue weighted by atomic mass is 32.1. The van der Waals surface area contributed by atoms with Crippen molar-refractivity contribution in [2.24, 2.45) is 0 Å². The molecule has 196 valence electrons. The lowest BCUT2D eigenvalue weighted by Crippen LogP contribution is -2.29. The molecule has 2 atom stereocenters. The summed E-state index contributed by atoms with van der Waals surface area (Å²) in [6.07, 6.45) is 1.83. The molecule has 7 nitrogen and oxygen atoms in total. The van der Waals surface area contributed by atoms with Crippen LogP contribution in [0, 0.1) is 13.8 Å². The van der Waals surface area contributed by atoms with Gasteiger partial charge in [0.2, 0.25) is 0 Å². The van der Waals surface area contributed by atoms with E-state index in [0.29, 0.717) is 11.7 Å². The molecule has 5 rings (SSSR count). The molecule has 0 aliphatic carbocycles. The van der Waals surface area contributed by atoms with E-state index in [4.69, 9.17) is 26.4 Å². The number of hydrogen-bond acceptors (Lipinski definition) is 5. The molecule has 1 N–H and O–H groups in total. The zero-order chi connectivity index (χ0) is 26.6. The first kappa shape index (κ1) is 25.8. The lowest BCUT2D eigenvalue weighted by atomic mass is 9.96. The molecule has 1 saturated heterocycles. The van der Waals surface area contributed by atoms with E-state index < -0.39 is 0 Å². The van der Waals surface area contributed by atoms with Crippen molar-refractivity contribution in [2.75, 3.05) is 25.7 Å². The highest BCUT2D eigenvalue weighted by Gasteiger charge is 2.42. The Morgan fingerprint density at radius 3 is 2.24 bits per heavy atom. The van der Waals surface area contributed by atoms with Gasteiger partial charge in [0.05, 0.1) is 31.5 Å². The first-order valence-electron chi connectivity index (χ1n) is 12.6. The highest BCUT2D eigenvalue weighted by molar-refractivity contribution is 7.80. The number of anilines is 1. The van der Waals surface area contributed by atoms with Crippen LogP contribution in [0.15, 0.2) is 79.0 Å². The van der Waals surface area contributed by atoms with Crippen LogP contribution in [0.25, 0.3) is 0 Å². The molecule has 0 amide bonds. The maximum atomic E-state index is 6.05. The molecule has 1 aliphatic heterocycles. The van der Waals surface area contributed by atoms with E-state index in [1.54, 1.807) is 14.2 Å². The van der Waals surface area contributed by atoms with Gasteiger partial charge in [-0.2, -0.15) is 0 Å². The summed E-state index contributed by atoms with van der Waals surface area (Å²) in [5, 5.41) is 4.21. The summed E-state index contributed by atoms with van der Waals surface area (Å²) in [5.74, 6) is 2.28. The summed E-state index contributed by atoms with van der Waals surface area (Å²) in [6, 6.07) is 23.6. The van der Waals surface area contributed by atoms with Crippen LogP contribution in [0.3, 0.4) is 0 Å². The molecule has 1 fully saturated rings. The summed E-state index contributed by atoms with van der Waals surface area (Å²) < 4.78 is 19.0. The van der Waals surface area contributed by atoms with Gasteiger partial charge in [-0.3, -0.25) is 4.98 Å². The van der Waals surface area contributed by atoms with Crippen LogP contribution in [0.5, 0.6) is 17.2 Å². The fraction of sp³-hybridized carbons (Fsp3) is 0.267. The third-order valence-corrected chi connectivity index (χ3v) is 7.27. The van der Waals surface area contributed by atoms with Gasteiger partial charge in [0, 0.05) is 36.9 Å². The molecular weight excluding hydrogens is 496 g/mol. The lowest BCUT2D eigenvalue weighted by Gasteiger charge is -2.28. The Bertz CT molecular complexity index is 1390. The van der Waals surface area contributed by atoms with Crippen LogP contribution in [-0.4, -0.2) is 35.5 Å². The molecule has 38 heavy (non-hydrogen) atoms. The fourth-order valence-corrected chi connectivity index (χ4v) is 5.40. The zero-order valence-corrected chi connectivity index (χ0v) is 22.9. The zero-order valence-electron chi connectivity index (χ0n) is 22.0. The van der Waals surface area contributed by atoms with Crippen LogP contribution in [0.1, 0.15) is 34.7 Å². The Hall–Kier alpha value is -3.88. The summed E-state index contributed by atoms with van der Waals surface area (Å²) in [4.78, 5) is 6.87. The standard InChI is InChI=1S/C30H32N4O3S/c1-20-19-26(21(2)33(20)17-18-35-3)29-28(27-7-5-6-16-31-27)32-30(38)34(29)22-8-10-24(11-9-22)37-25-14-12-23(36-4)13-15-25/h5-16,19,28-29H,17-18H2,1-4H3,(H,32,38)/t28-,29-/m0/s1. The van der Waals surface area contributed by atoms with Gasteiger partial charge >= 0.3 is 0 Å².